The fraction of sp³-hybridized carbons (Fsp3) is 0. The fourth-order valence-electron chi connectivity index (χ4n) is 2.70. The van der Waals surface area contributed by atoms with Gasteiger partial charge in [-0.2, -0.15) is 0 Å². The van der Waals surface area contributed by atoms with Crippen LogP contribution in [-0.2, 0) is 0 Å². The number of nitrogens with zero attached hydrogens (tertiary/aromatic N) is 1. The molecule has 3 aromatic carbocycles. The van der Waals surface area contributed by atoms with Crippen molar-refractivity contribution in [3.63, 3.8) is 0 Å². The van der Waals surface area contributed by atoms with E-state index >= 15 is 0 Å². The van der Waals surface area contributed by atoms with E-state index in [1.54, 1.807) is 35.6 Å². The molecule has 0 saturated heterocycles. The quantitative estimate of drug-likeness (QED) is 0.417. The Hall–Kier alpha value is -3.02. The van der Waals surface area contributed by atoms with E-state index in [1.807, 2.05) is 41.8 Å². The van der Waals surface area contributed by atoms with Gasteiger partial charge in [-0.25, -0.2) is 9.37 Å². The number of aromatic nitrogens is 1. The molecule has 1 N–H and O–H groups in total. The summed E-state index contributed by atoms with van der Waals surface area (Å²) in [5.74, 6) is -1.03. The number of halogens is 2. The summed E-state index contributed by atoms with van der Waals surface area (Å²) in [5.41, 5.74) is 3.39. The van der Waals surface area contributed by atoms with Gasteiger partial charge in [0, 0.05) is 27.2 Å². The van der Waals surface area contributed by atoms with Crippen LogP contribution in [0.5, 0.6) is 0 Å². The lowest BCUT2D eigenvalue weighted by Crippen LogP contribution is -2.13. The normalized spacial score (nSPS) is 10.6. The Morgan fingerprint density at radius 1 is 0.929 bits per heavy atom. The van der Waals surface area contributed by atoms with Gasteiger partial charge in [0.2, 0.25) is 0 Å². The molecule has 1 aromatic heterocycles. The predicted octanol–water partition coefficient (Wildman–Crippen LogP) is 6.52. The fourth-order valence-corrected chi connectivity index (χ4v) is 3.66. The molecular formula is C22H14ClFN2OS. The topological polar surface area (TPSA) is 42.0 Å². The highest BCUT2D eigenvalue weighted by molar-refractivity contribution is 7.13. The van der Waals surface area contributed by atoms with Gasteiger partial charge >= 0.3 is 0 Å². The molecule has 1 amide bonds. The molecular weight excluding hydrogens is 395 g/mol. The minimum Gasteiger partial charge on any atom is -0.322 e. The molecule has 3 nitrogen and oxygen atoms in total. The predicted molar refractivity (Wildman–Crippen MR) is 112 cm³/mol. The van der Waals surface area contributed by atoms with Gasteiger partial charge < -0.3 is 5.32 Å². The molecule has 0 aliphatic rings. The van der Waals surface area contributed by atoms with E-state index in [0.717, 1.165) is 21.8 Å². The van der Waals surface area contributed by atoms with Crippen LogP contribution in [-0.4, -0.2) is 10.9 Å². The Balaban J connectivity index is 1.50. The summed E-state index contributed by atoms with van der Waals surface area (Å²) < 4.78 is 13.7. The molecule has 0 aliphatic heterocycles. The van der Waals surface area contributed by atoms with Gasteiger partial charge in [-0.15, -0.1) is 11.3 Å². The molecule has 0 spiro atoms. The molecule has 0 fully saturated rings. The lowest BCUT2D eigenvalue weighted by atomic mass is 10.1. The van der Waals surface area contributed by atoms with E-state index in [4.69, 9.17) is 11.6 Å². The number of benzene rings is 3. The number of hydrogen-bond acceptors (Lipinski definition) is 3. The van der Waals surface area contributed by atoms with Gasteiger partial charge in [0.05, 0.1) is 11.3 Å². The van der Waals surface area contributed by atoms with Crippen molar-refractivity contribution in [2.45, 2.75) is 0 Å². The molecule has 0 atom stereocenters. The first-order chi connectivity index (χ1) is 13.6. The third-order valence-corrected chi connectivity index (χ3v) is 5.30. The molecule has 6 heteroatoms. The average Bonchev–Trinajstić information content (AvgIpc) is 3.19. The van der Waals surface area contributed by atoms with Crippen LogP contribution in [0.15, 0.2) is 78.2 Å². The second-order valence-electron chi connectivity index (χ2n) is 6.06. The van der Waals surface area contributed by atoms with Crippen LogP contribution in [0.2, 0.25) is 5.02 Å². The van der Waals surface area contributed by atoms with Crippen LogP contribution in [0.3, 0.4) is 0 Å². The van der Waals surface area contributed by atoms with E-state index in [2.05, 4.69) is 10.3 Å². The molecule has 4 aromatic rings. The number of carbonyl (C=O) groups excluding carboxylic acids is 1. The highest BCUT2D eigenvalue weighted by atomic mass is 35.5. The first kappa shape index (κ1) is 18.3. The zero-order valence-corrected chi connectivity index (χ0v) is 16.1. The summed E-state index contributed by atoms with van der Waals surface area (Å²) >= 11 is 7.48. The zero-order chi connectivity index (χ0) is 19.5. The summed E-state index contributed by atoms with van der Waals surface area (Å²) in [5, 5.41) is 6.28. The molecule has 4 rings (SSSR count). The van der Waals surface area contributed by atoms with E-state index in [0.29, 0.717) is 10.7 Å². The number of rotatable bonds is 4. The highest BCUT2D eigenvalue weighted by Gasteiger charge is 2.11. The number of anilines is 1. The largest absolute Gasteiger partial charge is 0.322 e. The van der Waals surface area contributed by atoms with Gasteiger partial charge in [0.1, 0.15) is 10.8 Å². The van der Waals surface area contributed by atoms with Gasteiger partial charge in [-0.1, -0.05) is 48.0 Å². The number of thiazole rings is 1. The third-order valence-electron chi connectivity index (χ3n) is 4.15. The van der Waals surface area contributed by atoms with Gasteiger partial charge in [-0.05, 0) is 36.4 Å². The maximum atomic E-state index is 13.7. The minimum absolute atomic E-state index is 0.0127. The molecule has 0 saturated carbocycles. The zero-order valence-electron chi connectivity index (χ0n) is 14.5. The molecule has 1 heterocycles. The molecule has 138 valence electrons. The Labute approximate surface area is 170 Å². The summed E-state index contributed by atoms with van der Waals surface area (Å²) in [6.07, 6.45) is 0. The Morgan fingerprint density at radius 2 is 1.61 bits per heavy atom. The van der Waals surface area contributed by atoms with Crippen molar-refractivity contribution in [1.82, 2.24) is 4.98 Å². The number of hydrogen-bond donors (Lipinski definition) is 1. The summed E-state index contributed by atoms with van der Waals surface area (Å²) in [4.78, 5) is 16.9. The van der Waals surface area contributed by atoms with Crippen molar-refractivity contribution < 1.29 is 9.18 Å². The molecule has 0 aliphatic carbocycles. The average molecular weight is 409 g/mol. The van der Waals surface area contributed by atoms with Crippen LogP contribution >= 0.6 is 22.9 Å². The SMILES string of the molecule is O=C(Nc1ccc(-c2csc(-c3ccc(Cl)cc3)n2)cc1)c1ccccc1F. The van der Waals surface area contributed by atoms with E-state index in [9.17, 15) is 9.18 Å². The second kappa shape index (κ2) is 7.92. The van der Waals surface area contributed by atoms with Crippen molar-refractivity contribution in [1.29, 1.82) is 0 Å². The summed E-state index contributed by atoms with van der Waals surface area (Å²) in [6, 6.07) is 20.7. The first-order valence-electron chi connectivity index (χ1n) is 8.48. The molecule has 0 unspecified atom stereocenters. The number of amides is 1. The van der Waals surface area contributed by atoms with Gasteiger partial charge in [0.25, 0.3) is 5.91 Å². The lowest BCUT2D eigenvalue weighted by molar-refractivity contribution is 0.102. The van der Waals surface area contributed by atoms with Crippen LogP contribution in [0.25, 0.3) is 21.8 Å². The van der Waals surface area contributed by atoms with E-state index in [1.165, 1.54) is 12.1 Å². The van der Waals surface area contributed by atoms with Crippen molar-refractivity contribution in [3.8, 4) is 21.8 Å². The maximum Gasteiger partial charge on any atom is 0.258 e. The third kappa shape index (κ3) is 3.96. The lowest BCUT2D eigenvalue weighted by Gasteiger charge is -2.06. The van der Waals surface area contributed by atoms with Crippen molar-refractivity contribution in [2.24, 2.45) is 0 Å². The summed E-state index contributed by atoms with van der Waals surface area (Å²) in [7, 11) is 0. The maximum absolute atomic E-state index is 13.7. The van der Waals surface area contributed by atoms with Gasteiger partial charge in [0.15, 0.2) is 0 Å². The number of carbonyl (C=O) groups is 1. The smallest absolute Gasteiger partial charge is 0.258 e. The Kier molecular flexibility index (Phi) is 5.19. The van der Waals surface area contributed by atoms with Crippen LogP contribution < -0.4 is 5.32 Å². The summed E-state index contributed by atoms with van der Waals surface area (Å²) in [6.45, 7) is 0. The van der Waals surface area contributed by atoms with Gasteiger partial charge in [-0.3, -0.25) is 4.79 Å². The Morgan fingerprint density at radius 3 is 2.32 bits per heavy atom. The monoisotopic (exact) mass is 408 g/mol. The Bertz CT molecular complexity index is 1120. The van der Waals surface area contributed by atoms with Crippen molar-refractivity contribution in [3.05, 3.63) is 94.6 Å². The molecule has 28 heavy (non-hydrogen) atoms. The van der Waals surface area contributed by atoms with Crippen molar-refractivity contribution in [2.75, 3.05) is 5.32 Å². The first-order valence-corrected chi connectivity index (χ1v) is 9.74. The number of nitrogens with one attached hydrogen (secondary N) is 1. The second-order valence-corrected chi connectivity index (χ2v) is 7.35. The van der Waals surface area contributed by atoms with Crippen molar-refractivity contribution >= 4 is 34.5 Å². The standard InChI is InChI=1S/C22H14ClFN2OS/c23-16-9-5-15(6-10-16)22-26-20(13-28-22)14-7-11-17(12-8-14)25-21(27)18-3-1-2-4-19(18)24/h1-13H,(H,25,27). The van der Waals surface area contributed by atoms with Crippen LogP contribution in [0, 0.1) is 5.82 Å². The van der Waals surface area contributed by atoms with E-state index < -0.39 is 11.7 Å². The molecule has 0 radical (unpaired) electrons. The van der Waals surface area contributed by atoms with Crippen LogP contribution in [0.1, 0.15) is 10.4 Å². The highest BCUT2D eigenvalue weighted by Crippen LogP contribution is 2.30. The molecule has 0 bridgehead atoms. The van der Waals surface area contributed by atoms with Crippen LogP contribution in [0.4, 0.5) is 10.1 Å². The van der Waals surface area contributed by atoms with E-state index in [-0.39, 0.29) is 5.56 Å². The minimum atomic E-state index is -0.547.